The average Bonchev–Trinajstić information content (AvgIpc) is 2.29. The molecule has 0 saturated heterocycles. The number of benzene rings is 1. The smallest absolute Gasteiger partial charge is 0.0256 e. The summed E-state index contributed by atoms with van der Waals surface area (Å²) in [6.45, 7) is 17.6. The lowest BCUT2D eigenvalue weighted by molar-refractivity contribution is 0.626. The summed E-state index contributed by atoms with van der Waals surface area (Å²) in [6, 6.07) is 10.6. The summed E-state index contributed by atoms with van der Waals surface area (Å²) in [4.78, 5) is 0. The van der Waals surface area contributed by atoms with Gasteiger partial charge in [-0.05, 0) is 29.7 Å². The zero-order valence-corrected chi connectivity index (χ0v) is 14.5. The van der Waals surface area contributed by atoms with Crippen molar-refractivity contribution in [3.8, 4) is 0 Å². The predicted octanol–water partition coefficient (Wildman–Crippen LogP) is 6.60. The summed E-state index contributed by atoms with van der Waals surface area (Å²) in [5.74, 6) is 2.48. The highest BCUT2D eigenvalue weighted by Gasteiger charge is 1.94. The number of hydrogen-bond acceptors (Lipinski definition) is 0. The van der Waals surface area contributed by atoms with Gasteiger partial charge in [-0.15, -0.1) is 0 Å². The lowest BCUT2D eigenvalue weighted by Gasteiger charge is -2.02. The summed E-state index contributed by atoms with van der Waals surface area (Å²) in [7, 11) is 0. The minimum Gasteiger partial charge on any atom is -0.0651 e. The van der Waals surface area contributed by atoms with E-state index in [1.807, 2.05) is 0 Å². The summed E-state index contributed by atoms with van der Waals surface area (Å²) < 4.78 is 0. The molecular formula is C19H36. The van der Waals surface area contributed by atoms with Crippen molar-refractivity contribution in [1.29, 1.82) is 0 Å². The Bertz CT molecular complexity index is 254. The van der Waals surface area contributed by atoms with Gasteiger partial charge in [-0.25, -0.2) is 0 Å². The van der Waals surface area contributed by atoms with Crippen LogP contribution in [0.3, 0.4) is 0 Å². The second-order valence-corrected chi connectivity index (χ2v) is 6.62. The van der Waals surface area contributed by atoms with E-state index < -0.39 is 0 Å². The van der Waals surface area contributed by atoms with Gasteiger partial charge in [-0.2, -0.15) is 0 Å². The molecule has 0 spiro atoms. The molecule has 0 amide bonds. The number of hydrogen-bond donors (Lipinski definition) is 0. The molecule has 0 atom stereocenters. The highest BCUT2D eigenvalue weighted by molar-refractivity contribution is 5.14. The fourth-order valence-corrected chi connectivity index (χ4v) is 1.09. The predicted molar refractivity (Wildman–Crippen MR) is 90.6 cm³/mol. The van der Waals surface area contributed by atoms with Gasteiger partial charge < -0.3 is 0 Å². The second kappa shape index (κ2) is 13.6. The maximum Gasteiger partial charge on any atom is -0.0256 e. The van der Waals surface area contributed by atoms with E-state index in [9.17, 15) is 0 Å². The topological polar surface area (TPSA) is 0 Å². The molecule has 0 unspecified atom stereocenters. The standard InChI is InChI=1S/C10H14.C5H12.C4H10/c1-9(2)8-10-6-4-3-5-7-10;1-4-5(2)3;1-4(2)3/h3-7,9H,8H2,1-2H3;5H,4H2,1-3H3;4H,1-3H3. The monoisotopic (exact) mass is 264 g/mol. The molecule has 0 aliphatic carbocycles. The van der Waals surface area contributed by atoms with Gasteiger partial charge in [0.05, 0.1) is 0 Å². The Kier molecular flexibility index (Phi) is 14.8. The van der Waals surface area contributed by atoms with E-state index in [-0.39, 0.29) is 0 Å². The van der Waals surface area contributed by atoms with Gasteiger partial charge in [0.25, 0.3) is 0 Å². The third-order valence-corrected chi connectivity index (χ3v) is 2.30. The molecule has 0 aliphatic heterocycles. The van der Waals surface area contributed by atoms with Crippen molar-refractivity contribution in [2.75, 3.05) is 0 Å². The SMILES string of the molecule is CC(C)C.CC(C)Cc1ccccc1.CCC(C)C. The minimum absolute atomic E-state index is 0.766. The Balaban J connectivity index is 0. The minimum atomic E-state index is 0.766. The van der Waals surface area contributed by atoms with E-state index in [1.165, 1.54) is 18.4 Å². The van der Waals surface area contributed by atoms with E-state index in [1.54, 1.807) is 0 Å². The van der Waals surface area contributed by atoms with Crippen LogP contribution in [0.5, 0.6) is 0 Å². The van der Waals surface area contributed by atoms with Gasteiger partial charge in [0, 0.05) is 0 Å². The third-order valence-electron chi connectivity index (χ3n) is 2.30. The molecule has 0 radical (unpaired) electrons. The maximum absolute atomic E-state index is 2.24. The van der Waals surface area contributed by atoms with Gasteiger partial charge in [0.1, 0.15) is 0 Å². The Morgan fingerprint density at radius 2 is 1.11 bits per heavy atom. The first-order chi connectivity index (χ1) is 8.79. The van der Waals surface area contributed by atoms with Crippen LogP contribution in [0.2, 0.25) is 0 Å². The molecule has 112 valence electrons. The van der Waals surface area contributed by atoms with E-state index in [4.69, 9.17) is 0 Å². The van der Waals surface area contributed by atoms with Crippen LogP contribution in [0.1, 0.15) is 67.4 Å². The first-order valence-electron chi connectivity index (χ1n) is 7.83. The lowest BCUT2D eigenvalue weighted by atomic mass is 10.0. The zero-order valence-electron chi connectivity index (χ0n) is 14.5. The van der Waals surface area contributed by atoms with Crippen LogP contribution in [0.4, 0.5) is 0 Å². The summed E-state index contributed by atoms with van der Waals surface area (Å²) in [6.07, 6.45) is 2.50. The largest absolute Gasteiger partial charge is 0.0651 e. The molecule has 0 heteroatoms. The molecular weight excluding hydrogens is 228 g/mol. The Hall–Kier alpha value is -0.780. The van der Waals surface area contributed by atoms with Crippen molar-refractivity contribution < 1.29 is 0 Å². The van der Waals surface area contributed by atoms with Crippen molar-refractivity contribution in [2.45, 2.75) is 68.2 Å². The molecule has 1 rings (SSSR count). The zero-order chi connectivity index (χ0) is 15.3. The molecule has 0 fully saturated rings. The average molecular weight is 264 g/mol. The first kappa shape index (κ1) is 20.5. The second-order valence-electron chi connectivity index (χ2n) is 6.62. The van der Waals surface area contributed by atoms with Crippen LogP contribution in [0.25, 0.3) is 0 Å². The van der Waals surface area contributed by atoms with Gasteiger partial charge >= 0.3 is 0 Å². The van der Waals surface area contributed by atoms with Crippen LogP contribution in [-0.4, -0.2) is 0 Å². The Labute approximate surface area is 122 Å². The van der Waals surface area contributed by atoms with E-state index in [2.05, 4.69) is 85.7 Å². The fraction of sp³-hybridized carbons (Fsp3) is 0.684. The molecule has 0 saturated carbocycles. The summed E-state index contributed by atoms with van der Waals surface area (Å²) >= 11 is 0. The van der Waals surface area contributed by atoms with Crippen molar-refractivity contribution in [1.82, 2.24) is 0 Å². The quantitative estimate of drug-likeness (QED) is 0.577. The van der Waals surface area contributed by atoms with Crippen LogP contribution >= 0.6 is 0 Å². The Morgan fingerprint density at radius 3 is 1.37 bits per heavy atom. The molecule has 0 aliphatic rings. The van der Waals surface area contributed by atoms with Gasteiger partial charge in [-0.1, -0.05) is 92.1 Å². The van der Waals surface area contributed by atoms with Crippen LogP contribution in [0, 0.1) is 17.8 Å². The van der Waals surface area contributed by atoms with Gasteiger partial charge in [0.2, 0.25) is 0 Å². The molecule has 19 heavy (non-hydrogen) atoms. The highest BCUT2D eigenvalue weighted by atomic mass is 14.0. The van der Waals surface area contributed by atoms with Crippen molar-refractivity contribution in [2.24, 2.45) is 17.8 Å². The van der Waals surface area contributed by atoms with Gasteiger partial charge in [0.15, 0.2) is 0 Å². The van der Waals surface area contributed by atoms with Gasteiger partial charge in [-0.3, -0.25) is 0 Å². The molecule has 1 aromatic carbocycles. The molecule has 0 nitrogen and oxygen atoms in total. The van der Waals surface area contributed by atoms with Crippen LogP contribution in [-0.2, 0) is 6.42 Å². The van der Waals surface area contributed by atoms with Crippen molar-refractivity contribution in [3.63, 3.8) is 0 Å². The highest BCUT2D eigenvalue weighted by Crippen LogP contribution is 2.06. The Morgan fingerprint density at radius 1 is 0.737 bits per heavy atom. The van der Waals surface area contributed by atoms with E-state index in [0.717, 1.165) is 17.8 Å². The molecule has 1 aromatic rings. The lowest BCUT2D eigenvalue weighted by Crippen LogP contribution is -1.92. The maximum atomic E-state index is 2.24. The van der Waals surface area contributed by atoms with Crippen LogP contribution in [0.15, 0.2) is 30.3 Å². The normalized spacial score (nSPS) is 9.84. The van der Waals surface area contributed by atoms with Crippen LogP contribution < -0.4 is 0 Å². The summed E-state index contributed by atoms with van der Waals surface area (Å²) in [5.41, 5.74) is 1.44. The van der Waals surface area contributed by atoms with E-state index >= 15 is 0 Å². The third kappa shape index (κ3) is 22.8. The van der Waals surface area contributed by atoms with Crippen molar-refractivity contribution >= 4 is 0 Å². The first-order valence-corrected chi connectivity index (χ1v) is 7.83. The molecule has 0 bridgehead atoms. The fourth-order valence-electron chi connectivity index (χ4n) is 1.09. The van der Waals surface area contributed by atoms with E-state index in [0.29, 0.717) is 0 Å². The molecule has 0 heterocycles. The molecule has 0 N–H and O–H groups in total. The summed E-state index contributed by atoms with van der Waals surface area (Å²) in [5, 5.41) is 0. The molecule has 0 aromatic heterocycles. The number of rotatable bonds is 3. The van der Waals surface area contributed by atoms with Crippen molar-refractivity contribution in [3.05, 3.63) is 35.9 Å².